The molecule has 20 atom stereocenters. The molecule has 0 aromatic carbocycles. The quantitative estimate of drug-likeness (QED) is 0.109. The monoisotopic (exact) mass is 1080 g/mol. The third kappa shape index (κ3) is 14.5. The largest absolute Gasteiger partial charge is 0.542 e. The molecule has 16 unspecified atom stereocenters. The number of allylic oxidation sites excluding steroid dienone is 2. The van der Waals surface area contributed by atoms with Crippen molar-refractivity contribution in [3.05, 3.63) is 45.6 Å². The Labute approximate surface area is 385 Å². The van der Waals surface area contributed by atoms with Crippen LogP contribution in [0.25, 0.3) is 0 Å². The molecule has 0 aromatic rings. The molecule has 0 spiro atoms. The van der Waals surface area contributed by atoms with E-state index in [-0.39, 0.29) is 46.1 Å². The van der Waals surface area contributed by atoms with Gasteiger partial charge in [0.15, 0.2) is 25.2 Å². The van der Waals surface area contributed by atoms with Crippen molar-refractivity contribution in [1.29, 1.82) is 0 Å². The van der Waals surface area contributed by atoms with Crippen LogP contribution in [0.5, 0.6) is 0 Å². The molecule has 8 bridgehead atoms. The number of hydrogen-bond acceptors (Lipinski definition) is 20. The summed E-state index contributed by atoms with van der Waals surface area (Å²) in [5.74, 6) is -0.643. The molecule has 63 heavy (non-hydrogen) atoms. The van der Waals surface area contributed by atoms with Crippen molar-refractivity contribution < 1.29 is 110 Å². The summed E-state index contributed by atoms with van der Waals surface area (Å²) in [5.41, 5.74) is 1.42. The first-order valence-corrected chi connectivity index (χ1v) is 21.7. The van der Waals surface area contributed by atoms with E-state index in [1.165, 1.54) is 0 Å². The number of rotatable bonds is 10. The molecular formula is C42H73N2O18W-3. The summed E-state index contributed by atoms with van der Waals surface area (Å²) in [6.45, 7) is 12.2. The van der Waals surface area contributed by atoms with Gasteiger partial charge in [0, 0.05) is 46.1 Å². The molecule has 20 nitrogen and oxygen atoms in total. The molecule has 12 heterocycles. The molecular weight excluding hydrogens is 1000 g/mol. The molecule has 12 aliphatic heterocycles. The van der Waals surface area contributed by atoms with Crippen molar-refractivity contribution in [2.45, 2.75) is 182 Å². The first-order valence-electron chi connectivity index (χ1n) is 21.7. The number of aliphatic hydroxyl groups is 10. The van der Waals surface area contributed by atoms with Crippen LogP contribution in [0.1, 0.15) is 71.1 Å². The Kier molecular flexibility index (Phi) is 24.8. The Morgan fingerprint density at radius 2 is 0.825 bits per heavy atom. The minimum Gasteiger partial charge on any atom is -0.542 e. The first kappa shape index (κ1) is 56.4. The second-order valence-electron chi connectivity index (χ2n) is 16.4. The molecule has 368 valence electrons. The smallest absolute Gasteiger partial charge is 0.186 e. The van der Waals surface area contributed by atoms with Crippen molar-refractivity contribution in [3.8, 4) is 0 Å². The Bertz CT molecular complexity index is 1230. The van der Waals surface area contributed by atoms with E-state index in [2.05, 4.69) is 44.8 Å². The van der Waals surface area contributed by atoms with Gasteiger partial charge in [0.25, 0.3) is 0 Å². The molecule has 12 rings (SSSR count). The average molecular weight is 1080 g/mol. The Morgan fingerprint density at radius 1 is 0.492 bits per heavy atom. The molecule has 0 saturated carbocycles. The number of aliphatic hydroxyl groups excluding tert-OH is 10. The predicted molar refractivity (Wildman–Crippen MR) is 218 cm³/mol. The van der Waals surface area contributed by atoms with Gasteiger partial charge in [-0.15, -0.1) is 0 Å². The van der Waals surface area contributed by atoms with E-state index in [0.29, 0.717) is 75.6 Å². The molecule has 0 radical (unpaired) electrons. The van der Waals surface area contributed by atoms with E-state index < -0.39 is 124 Å². The van der Waals surface area contributed by atoms with Crippen LogP contribution in [0.3, 0.4) is 0 Å². The molecule has 21 heteroatoms. The summed E-state index contributed by atoms with van der Waals surface area (Å²) in [7, 11) is 7.16. The first-order chi connectivity index (χ1) is 29.7. The van der Waals surface area contributed by atoms with Gasteiger partial charge in [0.1, 0.15) is 61.0 Å². The fourth-order valence-corrected chi connectivity index (χ4v) is 8.68. The fourth-order valence-electron chi connectivity index (χ4n) is 8.68. The molecule has 0 amide bonds. The number of nitrogens with one attached hydrogen (secondary N) is 2. The average Bonchev–Trinajstić information content (AvgIpc) is 3.28. The molecule has 0 aromatic heterocycles. The van der Waals surface area contributed by atoms with E-state index in [1.54, 1.807) is 6.92 Å². The van der Waals surface area contributed by atoms with Crippen LogP contribution in [0.15, 0.2) is 24.6 Å². The zero-order valence-electron chi connectivity index (χ0n) is 36.1. The van der Waals surface area contributed by atoms with Gasteiger partial charge in [0.2, 0.25) is 0 Å². The zero-order chi connectivity index (χ0) is 45.7. The molecule has 12 fully saturated rings. The van der Waals surface area contributed by atoms with Crippen molar-refractivity contribution >= 4 is 0 Å². The maximum Gasteiger partial charge on any atom is 0.186 e. The molecule has 0 aliphatic carbocycles. The van der Waals surface area contributed by atoms with E-state index >= 15 is 0 Å². The topological polar surface area (TPSA) is 300 Å². The molecule has 12 N–H and O–H groups in total. The fraction of sp³-hybridized carbons (Fsp3) is 0.833. The van der Waals surface area contributed by atoms with Gasteiger partial charge in [-0.25, -0.2) is 0 Å². The van der Waals surface area contributed by atoms with Crippen LogP contribution in [-0.2, 0) is 59.0 Å². The third-order valence-electron chi connectivity index (χ3n) is 12.3. The van der Waals surface area contributed by atoms with Gasteiger partial charge in [-0.2, -0.15) is 6.92 Å². The summed E-state index contributed by atoms with van der Waals surface area (Å²) in [4.78, 5) is 0. The van der Waals surface area contributed by atoms with Crippen LogP contribution in [-0.4, -0.2) is 188 Å². The zero-order valence-corrected chi connectivity index (χ0v) is 39.1. The Hall–Kier alpha value is -0.952. The normalized spacial score (nSPS) is 43.1. The van der Waals surface area contributed by atoms with E-state index in [4.69, 9.17) is 37.9 Å². The van der Waals surface area contributed by atoms with Gasteiger partial charge in [-0.05, 0) is 62.8 Å². The van der Waals surface area contributed by atoms with E-state index in [1.807, 2.05) is 0 Å². The second kappa shape index (κ2) is 27.8. The minimum atomic E-state index is -1.44. The van der Waals surface area contributed by atoms with Crippen molar-refractivity contribution in [3.63, 3.8) is 0 Å². The maximum absolute atomic E-state index is 10.8. The SMILES string of the molecule is C=C(CCC1O[C@H]2OC3C(CO)O[C@@H](OCCCCC1C(O)C2O)C(O)C3O)N[CH2-].C=C(CCC1O[C@H]2OC3C(CO)O[C@@H](OCCCCC1C(O)C2O)C(O)C3O)N[CH2-].[CH2-]C.[W]. The van der Waals surface area contributed by atoms with Crippen LogP contribution in [0.2, 0.25) is 0 Å². The number of ether oxygens (including phenoxy) is 8. The summed E-state index contributed by atoms with van der Waals surface area (Å²) < 4.78 is 45.9. The third-order valence-corrected chi connectivity index (χ3v) is 12.3. The van der Waals surface area contributed by atoms with Gasteiger partial charge < -0.3 is 107 Å². The van der Waals surface area contributed by atoms with E-state index in [9.17, 15) is 51.1 Å². The summed E-state index contributed by atoms with van der Waals surface area (Å²) in [6, 6.07) is 0. The summed E-state index contributed by atoms with van der Waals surface area (Å²) in [5, 5.41) is 110. The summed E-state index contributed by atoms with van der Waals surface area (Å²) >= 11 is 0. The van der Waals surface area contributed by atoms with Crippen molar-refractivity contribution in [2.24, 2.45) is 11.8 Å². The van der Waals surface area contributed by atoms with Crippen molar-refractivity contribution in [2.75, 3.05) is 26.4 Å². The van der Waals surface area contributed by atoms with Crippen LogP contribution < -0.4 is 10.6 Å². The van der Waals surface area contributed by atoms with Gasteiger partial charge in [-0.3, -0.25) is 14.1 Å². The second-order valence-corrected chi connectivity index (χ2v) is 16.4. The van der Waals surface area contributed by atoms with E-state index in [0.717, 1.165) is 0 Å². The minimum absolute atomic E-state index is 0. The van der Waals surface area contributed by atoms with Gasteiger partial charge >= 0.3 is 0 Å². The number of hydrogen-bond donors (Lipinski definition) is 12. The predicted octanol–water partition coefficient (Wildman–Crippen LogP) is -1.66. The Morgan fingerprint density at radius 3 is 1.16 bits per heavy atom. The maximum atomic E-state index is 10.8. The molecule has 12 saturated heterocycles. The Balaban J connectivity index is 0.000000318. The molecule has 12 aliphatic rings. The van der Waals surface area contributed by atoms with Crippen LogP contribution >= 0.6 is 0 Å². The van der Waals surface area contributed by atoms with Crippen LogP contribution in [0, 0.1) is 32.9 Å². The van der Waals surface area contributed by atoms with Crippen LogP contribution in [0.4, 0.5) is 0 Å². The van der Waals surface area contributed by atoms with Gasteiger partial charge in [0.05, 0.1) is 37.6 Å². The standard InChI is InChI=1S/2C20H34NO9.C2H5.W/c2*1-10(21-2)6-7-12-11-5-3-4-8-27-19-17(26)15(24)18(13(9-22)29-19)30-20(28-12)16(25)14(11)23;1-2;/h2*11-26H,1-9H2;1H2,2H3;/q3*-1;/t2*11?,12?,13?,14?,15?,16?,17?,18?,19-,20+;;/m11../s1. The van der Waals surface area contributed by atoms with Gasteiger partial charge in [-0.1, -0.05) is 26.0 Å². The summed E-state index contributed by atoms with van der Waals surface area (Å²) in [6.07, 6.45) is -14.6. The van der Waals surface area contributed by atoms with Crippen molar-refractivity contribution in [1.82, 2.24) is 10.6 Å².